The van der Waals surface area contributed by atoms with Crippen LogP contribution in [0, 0.1) is 12.3 Å². The van der Waals surface area contributed by atoms with Crippen LogP contribution in [0.3, 0.4) is 0 Å². The molecule has 1 N–H and O–H groups in total. The van der Waals surface area contributed by atoms with Crippen molar-refractivity contribution in [1.29, 1.82) is 0 Å². The van der Waals surface area contributed by atoms with E-state index in [1.54, 1.807) is 0 Å². The van der Waals surface area contributed by atoms with Gasteiger partial charge in [-0.3, -0.25) is 0 Å². The van der Waals surface area contributed by atoms with Gasteiger partial charge in [0, 0.05) is 71.0 Å². The Morgan fingerprint density at radius 3 is 2.33 bits per heavy atom. The van der Waals surface area contributed by atoms with E-state index in [0.717, 1.165) is 0 Å². The van der Waals surface area contributed by atoms with E-state index < -0.39 is 5.97 Å². The smallest absolute Gasteiger partial charge is 0.378 e. The van der Waals surface area contributed by atoms with Crippen molar-refractivity contribution < 1.29 is 74.9 Å². The number of carbonyl (C=O) groups is 1. The van der Waals surface area contributed by atoms with Crippen LogP contribution < -0.4 is 0 Å². The molecule has 106 valence electrons. The minimum absolute atomic E-state index is 0. The van der Waals surface area contributed by atoms with Gasteiger partial charge in [0.05, 0.1) is 0 Å². The van der Waals surface area contributed by atoms with Crippen LogP contribution in [0.5, 0.6) is 0 Å². The van der Waals surface area contributed by atoms with E-state index in [1.165, 1.54) is 30.5 Å². The van der Waals surface area contributed by atoms with Crippen molar-refractivity contribution in [1.82, 2.24) is 15.4 Å². The van der Waals surface area contributed by atoms with Crippen molar-refractivity contribution in [3.05, 3.63) is 61.5 Å². The van der Waals surface area contributed by atoms with Gasteiger partial charge in [0.2, 0.25) is 0 Å². The Balaban J connectivity index is -0.000000135. The number of aromatic nitrogens is 3. The third kappa shape index (κ3) is 19.8. The number of nitrogens with zero attached hydrogens (tertiary/aromatic N) is 2. The summed E-state index contributed by atoms with van der Waals surface area (Å²) < 4.78 is 3.98. The normalized spacial score (nSPS) is 8.57. The van der Waals surface area contributed by atoms with Crippen molar-refractivity contribution in [2.24, 2.45) is 0 Å². The van der Waals surface area contributed by atoms with Crippen molar-refractivity contribution in [2.45, 2.75) is 13.8 Å². The van der Waals surface area contributed by atoms with Crippen molar-refractivity contribution in [3.63, 3.8) is 0 Å². The van der Waals surface area contributed by atoms with Gasteiger partial charge in [0.1, 0.15) is 0 Å². The second-order valence-corrected chi connectivity index (χ2v) is 2.37. The molecule has 1 aromatic rings. The molecule has 1 heterocycles. The minimum atomic E-state index is -0.632. The molecule has 0 amide bonds. The Morgan fingerprint density at radius 2 is 2.05 bits per heavy atom. The topological polar surface area (TPSA) is 67.9 Å². The maximum Gasteiger partial charge on any atom is 0.378 e. The molecule has 1 aromatic heterocycles. The zero-order valence-corrected chi connectivity index (χ0v) is 17.9. The molecular weight excluding hydrogens is 419 g/mol. The van der Waals surface area contributed by atoms with Crippen LogP contribution in [0.15, 0.2) is 49.2 Å². The van der Waals surface area contributed by atoms with Crippen molar-refractivity contribution in [2.75, 3.05) is 0 Å². The number of aromatic amines is 1. The van der Waals surface area contributed by atoms with Gasteiger partial charge in [0.25, 0.3) is 0 Å². The first-order chi connectivity index (χ1) is 9.26. The molecule has 1 rings (SSSR count). The average Bonchev–Trinajstić information content (AvgIpc) is 3.04. The second-order valence-electron chi connectivity index (χ2n) is 2.37. The molecule has 0 aliphatic heterocycles. The first kappa shape index (κ1) is 28.9. The molecule has 0 saturated heterocycles. The van der Waals surface area contributed by atoms with Crippen LogP contribution in [0.4, 0.5) is 0 Å². The number of hydrogen-bond donors (Lipinski definition) is 1. The van der Waals surface area contributed by atoms with Crippen LogP contribution >= 0.6 is 0 Å². The monoisotopic (exact) mass is 435 g/mol. The number of H-pyrrole nitrogens is 1. The molecule has 4 radical (unpaired) electrons. The molecule has 0 saturated carbocycles. The molecule has 0 spiro atoms. The zero-order valence-electron chi connectivity index (χ0n) is 12.2. The van der Waals surface area contributed by atoms with E-state index in [4.69, 9.17) is 0 Å². The van der Waals surface area contributed by atoms with E-state index in [-0.39, 0.29) is 71.0 Å². The van der Waals surface area contributed by atoms with Gasteiger partial charge in [-0.1, -0.05) is 26.5 Å². The molecule has 0 atom stereocenters. The maximum absolute atomic E-state index is 10.8. The van der Waals surface area contributed by atoms with Crippen LogP contribution in [0.25, 0.3) is 0 Å². The predicted octanol–water partition coefficient (Wildman–Crippen LogP) is 1.90. The number of hydrogen-bond acceptors (Lipinski definition) is 4. The number of rotatable bonds is 4. The zero-order chi connectivity index (χ0) is 14.9. The maximum atomic E-state index is 10.8. The largest absolute Gasteiger partial charge is 0.541 e. The molecular formula is C13H16BN3O2Y2-2. The summed E-state index contributed by atoms with van der Waals surface area (Å²) in [5.41, 5.74) is 0.270. The summed E-state index contributed by atoms with van der Waals surface area (Å²) in [6, 6.07) is 0. The van der Waals surface area contributed by atoms with Gasteiger partial charge in [-0.05, 0) is 0 Å². The van der Waals surface area contributed by atoms with E-state index in [1.807, 2.05) is 13.8 Å². The molecule has 21 heavy (non-hydrogen) atoms. The predicted molar refractivity (Wildman–Crippen MR) is 74.7 cm³/mol. The fourth-order valence-corrected chi connectivity index (χ4v) is 0.638. The van der Waals surface area contributed by atoms with Crippen LogP contribution in [-0.4, -0.2) is 29.4 Å². The molecule has 0 aliphatic carbocycles. The van der Waals surface area contributed by atoms with Gasteiger partial charge < -0.3 is 21.0 Å². The Bertz CT molecular complexity index is 390. The molecule has 0 aromatic carbocycles. The summed E-state index contributed by atoms with van der Waals surface area (Å²) in [4.78, 5) is 10.8. The molecule has 8 heteroatoms. The second kappa shape index (κ2) is 24.8. The third-order valence-corrected chi connectivity index (χ3v) is 1.33. The molecule has 0 fully saturated rings. The molecule has 0 unspecified atom stereocenters. The van der Waals surface area contributed by atoms with Gasteiger partial charge in [-0.25, -0.2) is 4.79 Å². The first-order valence-corrected chi connectivity index (χ1v) is 5.42. The van der Waals surface area contributed by atoms with Crippen molar-refractivity contribution >= 4 is 14.0 Å². The Labute approximate surface area is 178 Å². The summed E-state index contributed by atoms with van der Waals surface area (Å²) in [6.07, 6.45) is 12.4. The fourth-order valence-electron chi connectivity index (χ4n) is 0.638. The summed E-state index contributed by atoms with van der Waals surface area (Å²) >= 11 is 0. The summed E-state index contributed by atoms with van der Waals surface area (Å²) in [7, 11) is 4.66. The third-order valence-electron chi connectivity index (χ3n) is 1.33. The van der Waals surface area contributed by atoms with E-state index in [0.29, 0.717) is 0 Å². The van der Waals surface area contributed by atoms with Gasteiger partial charge in [-0.2, -0.15) is 24.8 Å². The van der Waals surface area contributed by atoms with Crippen molar-refractivity contribution in [3.8, 4) is 0 Å². The van der Waals surface area contributed by atoms with Crippen LogP contribution in [0.2, 0.25) is 0 Å². The van der Waals surface area contributed by atoms with Crippen LogP contribution in [0.1, 0.15) is 13.8 Å². The van der Waals surface area contributed by atoms with Gasteiger partial charge >= 0.3 is 14.0 Å². The Hall–Kier alpha value is -0.157. The quantitative estimate of drug-likeness (QED) is 0.340. The van der Waals surface area contributed by atoms with Crippen LogP contribution in [-0.2, 0) is 74.9 Å². The van der Waals surface area contributed by atoms with E-state index in [9.17, 15) is 4.79 Å². The Morgan fingerprint density at radius 1 is 1.43 bits per heavy atom. The SMILES string of the molecule is CC.[B]OC(=O)/C(C=C)=C/C=[C-]C=C.[Y].[Y].[c-]1c[nH]nn1. The first-order valence-electron chi connectivity index (χ1n) is 5.42. The average molecular weight is 435 g/mol. The molecule has 0 aliphatic rings. The van der Waals surface area contributed by atoms with E-state index in [2.05, 4.69) is 53.5 Å². The summed E-state index contributed by atoms with van der Waals surface area (Å²) in [5.74, 6) is -0.632. The summed E-state index contributed by atoms with van der Waals surface area (Å²) in [6.45, 7) is 10.8. The number of nitrogens with one attached hydrogen (secondary N) is 1. The summed E-state index contributed by atoms with van der Waals surface area (Å²) in [5, 5.41) is 9.03. The molecule has 0 bridgehead atoms. The standard InChI is InChI=1S/C9H8BO2.C2H2N3.C2H6.2Y/c1-3-5-6-7-8(4-2)9(11)12-10;1-2-4-5-3-1;1-2;;/h3-4,6-7H,1-2H2;1H,(H,3,4,5);1-2H3;;/q2*-1;;;/b8-7+;;;;. The van der Waals surface area contributed by atoms with Gasteiger partial charge in [-0.15, -0.1) is 17.5 Å². The minimum Gasteiger partial charge on any atom is -0.541 e. The fraction of sp³-hybridized carbons (Fsp3) is 0.154. The molecule has 5 nitrogen and oxygen atoms in total. The number of carbonyl (C=O) groups excluding carboxylic acids is 1. The Kier molecular flexibility index (Phi) is 34.2. The van der Waals surface area contributed by atoms with Gasteiger partial charge in [0.15, 0.2) is 0 Å². The van der Waals surface area contributed by atoms with E-state index >= 15 is 0 Å². The number of allylic oxidation sites excluding steroid dienone is 4.